The zero-order valence-electron chi connectivity index (χ0n) is 12.4. The molecule has 0 amide bonds. The molecule has 0 radical (unpaired) electrons. The third-order valence-electron chi connectivity index (χ3n) is 5.21. The van der Waals surface area contributed by atoms with Gasteiger partial charge in [-0.25, -0.2) is 0 Å². The Labute approximate surface area is 114 Å². The topological polar surface area (TPSA) is 12.0 Å². The number of nitrogens with one attached hydrogen (secondary N) is 1. The molecule has 0 bridgehead atoms. The van der Waals surface area contributed by atoms with Gasteiger partial charge in [-0.05, 0) is 38.0 Å². The predicted molar refractivity (Wildman–Crippen MR) is 79.9 cm³/mol. The SMILES string of the molecule is CCC(NC1CCCCCCC1)C1CCCCC1. The zero-order valence-corrected chi connectivity index (χ0v) is 12.4. The van der Waals surface area contributed by atoms with Crippen molar-refractivity contribution >= 4 is 0 Å². The Morgan fingerprint density at radius 3 is 1.89 bits per heavy atom. The van der Waals surface area contributed by atoms with Crippen LogP contribution in [0.4, 0.5) is 0 Å². The molecule has 2 rings (SSSR count). The lowest BCUT2D eigenvalue weighted by Crippen LogP contribution is -2.43. The van der Waals surface area contributed by atoms with E-state index in [0.29, 0.717) is 0 Å². The first kappa shape index (κ1) is 14.4. The summed E-state index contributed by atoms with van der Waals surface area (Å²) in [7, 11) is 0. The van der Waals surface area contributed by atoms with Gasteiger partial charge in [0.05, 0.1) is 0 Å². The van der Waals surface area contributed by atoms with Crippen LogP contribution in [-0.2, 0) is 0 Å². The first-order valence-electron chi connectivity index (χ1n) is 8.66. The summed E-state index contributed by atoms with van der Waals surface area (Å²) in [5.74, 6) is 0.981. The Morgan fingerprint density at radius 2 is 1.28 bits per heavy atom. The lowest BCUT2D eigenvalue weighted by molar-refractivity contribution is 0.232. The van der Waals surface area contributed by atoms with Crippen molar-refractivity contribution in [2.24, 2.45) is 5.92 Å². The highest BCUT2D eigenvalue weighted by atomic mass is 15.0. The van der Waals surface area contributed by atoms with Crippen LogP contribution in [0.2, 0.25) is 0 Å². The van der Waals surface area contributed by atoms with Gasteiger partial charge in [0, 0.05) is 12.1 Å². The summed E-state index contributed by atoms with van der Waals surface area (Å²) < 4.78 is 0. The molecule has 1 unspecified atom stereocenters. The van der Waals surface area contributed by atoms with Crippen molar-refractivity contribution < 1.29 is 0 Å². The van der Waals surface area contributed by atoms with Crippen molar-refractivity contribution in [2.75, 3.05) is 0 Å². The fourth-order valence-corrected chi connectivity index (χ4v) is 4.05. The highest BCUT2D eigenvalue weighted by molar-refractivity contribution is 4.82. The summed E-state index contributed by atoms with van der Waals surface area (Å²) in [6.45, 7) is 2.38. The van der Waals surface area contributed by atoms with Gasteiger partial charge in [0.15, 0.2) is 0 Å². The first-order valence-corrected chi connectivity index (χ1v) is 8.66. The maximum absolute atomic E-state index is 4.04. The summed E-state index contributed by atoms with van der Waals surface area (Å²) >= 11 is 0. The van der Waals surface area contributed by atoms with Crippen molar-refractivity contribution in [3.63, 3.8) is 0 Å². The molecule has 2 aliphatic rings. The average Bonchev–Trinajstić information content (AvgIpc) is 2.39. The number of rotatable bonds is 4. The molecule has 18 heavy (non-hydrogen) atoms. The summed E-state index contributed by atoms with van der Waals surface area (Å²) in [5.41, 5.74) is 0. The van der Waals surface area contributed by atoms with Crippen LogP contribution in [0.1, 0.15) is 90.4 Å². The van der Waals surface area contributed by atoms with Crippen molar-refractivity contribution in [3.05, 3.63) is 0 Å². The Morgan fingerprint density at radius 1 is 0.778 bits per heavy atom. The Balaban J connectivity index is 1.79. The van der Waals surface area contributed by atoms with Gasteiger partial charge in [0.25, 0.3) is 0 Å². The summed E-state index contributed by atoms with van der Waals surface area (Å²) in [6.07, 6.45) is 18.9. The lowest BCUT2D eigenvalue weighted by atomic mass is 9.82. The molecule has 2 fully saturated rings. The van der Waals surface area contributed by atoms with E-state index in [-0.39, 0.29) is 0 Å². The second kappa shape index (κ2) is 8.19. The van der Waals surface area contributed by atoms with E-state index in [1.807, 2.05) is 0 Å². The van der Waals surface area contributed by atoms with Crippen molar-refractivity contribution in [3.8, 4) is 0 Å². The van der Waals surface area contributed by atoms with E-state index >= 15 is 0 Å². The molecule has 0 aromatic rings. The van der Waals surface area contributed by atoms with Gasteiger partial charge < -0.3 is 5.32 Å². The second-order valence-corrected chi connectivity index (χ2v) is 6.62. The van der Waals surface area contributed by atoms with E-state index in [1.165, 1.54) is 83.5 Å². The molecular formula is C17H33N. The largest absolute Gasteiger partial charge is 0.311 e. The van der Waals surface area contributed by atoms with Crippen LogP contribution in [0, 0.1) is 5.92 Å². The predicted octanol–water partition coefficient (Wildman–Crippen LogP) is 5.05. The molecular weight excluding hydrogens is 218 g/mol. The minimum absolute atomic E-state index is 0.815. The molecule has 1 heteroatoms. The smallest absolute Gasteiger partial charge is 0.00952 e. The van der Waals surface area contributed by atoms with Gasteiger partial charge in [-0.15, -0.1) is 0 Å². The van der Waals surface area contributed by atoms with Crippen LogP contribution in [-0.4, -0.2) is 12.1 Å². The van der Waals surface area contributed by atoms with E-state index in [0.717, 1.165) is 18.0 Å². The molecule has 0 aliphatic heterocycles. The fourth-order valence-electron chi connectivity index (χ4n) is 4.05. The number of hydrogen-bond acceptors (Lipinski definition) is 1. The maximum atomic E-state index is 4.04. The molecule has 2 saturated carbocycles. The van der Waals surface area contributed by atoms with Gasteiger partial charge in [0.2, 0.25) is 0 Å². The summed E-state index contributed by atoms with van der Waals surface area (Å²) in [4.78, 5) is 0. The molecule has 106 valence electrons. The Kier molecular flexibility index (Phi) is 6.54. The Hall–Kier alpha value is -0.0400. The van der Waals surface area contributed by atoms with E-state index in [4.69, 9.17) is 0 Å². The fraction of sp³-hybridized carbons (Fsp3) is 1.00. The molecule has 1 nitrogen and oxygen atoms in total. The normalized spacial score (nSPS) is 26.5. The van der Waals surface area contributed by atoms with Crippen LogP contribution >= 0.6 is 0 Å². The van der Waals surface area contributed by atoms with Crippen LogP contribution in [0.25, 0.3) is 0 Å². The van der Waals surface area contributed by atoms with Crippen LogP contribution in [0.5, 0.6) is 0 Å². The molecule has 1 atom stereocenters. The molecule has 0 spiro atoms. The molecule has 2 aliphatic carbocycles. The molecule has 1 N–H and O–H groups in total. The van der Waals surface area contributed by atoms with E-state index < -0.39 is 0 Å². The van der Waals surface area contributed by atoms with Gasteiger partial charge in [-0.3, -0.25) is 0 Å². The minimum atomic E-state index is 0.815. The van der Waals surface area contributed by atoms with Crippen molar-refractivity contribution in [1.82, 2.24) is 5.32 Å². The summed E-state index contributed by atoms with van der Waals surface area (Å²) in [6, 6.07) is 1.65. The van der Waals surface area contributed by atoms with Crippen molar-refractivity contribution in [2.45, 2.75) is 102 Å². The minimum Gasteiger partial charge on any atom is -0.311 e. The zero-order chi connectivity index (χ0) is 12.6. The highest BCUT2D eigenvalue weighted by Gasteiger charge is 2.24. The third kappa shape index (κ3) is 4.57. The van der Waals surface area contributed by atoms with Gasteiger partial charge >= 0.3 is 0 Å². The standard InChI is InChI=1S/C17H33N/c1-2-17(15-11-7-6-8-12-15)18-16-13-9-4-3-5-10-14-16/h15-18H,2-14H2,1H3. The van der Waals surface area contributed by atoms with Gasteiger partial charge in [-0.2, -0.15) is 0 Å². The monoisotopic (exact) mass is 251 g/mol. The first-order chi connectivity index (χ1) is 8.90. The highest BCUT2D eigenvalue weighted by Crippen LogP contribution is 2.29. The van der Waals surface area contributed by atoms with E-state index in [1.54, 1.807) is 0 Å². The third-order valence-corrected chi connectivity index (χ3v) is 5.21. The van der Waals surface area contributed by atoms with Crippen LogP contribution in [0.15, 0.2) is 0 Å². The van der Waals surface area contributed by atoms with Gasteiger partial charge in [0.1, 0.15) is 0 Å². The lowest BCUT2D eigenvalue weighted by Gasteiger charge is -2.34. The molecule has 0 aromatic carbocycles. The second-order valence-electron chi connectivity index (χ2n) is 6.62. The quantitative estimate of drug-likeness (QED) is 0.737. The molecule has 0 heterocycles. The Bertz CT molecular complexity index is 200. The number of hydrogen-bond donors (Lipinski definition) is 1. The van der Waals surface area contributed by atoms with Crippen molar-refractivity contribution in [1.29, 1.82) is 0 Å². The van der Waals surface area contributed by atoms with E-state index in [2.05, 4.69) is 12.2 Å². The summed E-state index contributed by atoms with van der Waals surface area (Å²) in [5, 5.41) is 4.04. The van der Waals surface area contributed by atoms with E-state index in [9.17, 15) is 0 Å². The van der Waals surface area contributed by atoms with Crippen LogP contribution in [0.3, 0.4) is 0 Å². The molecule has 0 aromatic heterocycles. The van der Waals surface area contributed by atoms with Crippen LogP contribution < -0.4 is 5.32 Å². The maximum Gasteiger partial charge on any atom is 0.00952 e. The van der Waals surface area contributed by atoms with Gasteiger partial charge in [-0.1, -0.05) is 58.3 Å². The average molecular weight is 251 g/mol. The molecule has 0 saturated heterocycles.